The van der Waals surface area contributed by atoms with E-state index in [9.17, 15) is 0 Å². The third-order valence-electron chi connectivity index (χ3n) is 3.24. The van der Waals surface area contributed by atoms with Crippen LogP contribution in [-0.2, 0) is 4.74 Å². The van der Waals surface area contributed by atoms with E-state index in [1.165, 1.54) is 0 Å². The topological polar surface area (TPSA) is 38.5 Å². The lowest BCUT2D eigenvalue weighted by molar-refractivity contribution is 0.119. The van der Waals surface area contributed by atoms with Crippen molar-refractivity contribution < 1.29 is 4.74 Å². The molecule has 0 aromatic rings. The number of hydrogen-bond donors (Lipinski definition) is 1. The summed E-state index contributed by atoms with van der Waals surface area (Å²) in [5.74, 6) is 1.21. The van der Waals surface area contributed by atoms with E-state index in [1.54, 1.807) is 0 Å². The highest BCUT2D eigenvalue weighted by molar-refractivity contribution is 4.76. The molecule has 3 atom stereocenters. The second-order valence-corrected chi connectivity index (χ2v) is 4.63. The van der Waals surface area contributed by atoms with E-state index in [1.807, 2.05) is 0 Å². The van der Waals surface area contributed by atoms with Crippen LogP contribution < -0.4 is 5.73 Å². The number of nitrogens with two attached hydrogens (primary N) is 1. The van der Waals surface area contributed by atoms with Gasteiger partial charge in [0.25, 0.3) is 0 Å². The Morgan fingerprint density at radius 3 is 2.86 bits per heavy atom. The first-order valence-corrected chi connectivity index (χ1v) is 5.67. The zero-order valence-electron chi connectivity index (χ0n) is 9.70. The quantitative estimate of drug-likeness (QED) is 0.737. The predicted molar refractivity (Wildman–Crippen MR) is 59.2 cm³/mol. The average Bonchev–Trinajstić information content (AvgIpc) is 2.40. The van der Waals surface area contributed by atoms with Gasteiger partial charge in [-0.15, -0.1) is 0 Å². The third kappa shape index (κ3) is 3.23. The molecule has 1 aliphatic heterocycles. The van der Waals surface area contributed by atoms with Crippen molar-refractivity contribution in [3.05, 3.63) is 0 Å². The van der Waals surface area contributed by atoms with Gasteiger partial charge < -0.3 is 10.5 Å². The van der Waals surface area contributed by atoms with Crippen molar-refractivity contribution in [2.75, 3.05) is 32.8 Å². The van der Waals surface area contributed by atoms with Crippen LogP contribution in [0.15, 0.2) is 0 Å². The van der Waals surface area contributed by atoms with E-state index in [-0.39, 0.29) is 0 Å². The average molecular weight is 200 g/mol. The van der Waals surface area contributed by atoms with Crippen molar-refractivity contribution in [2.24, 2.45) is 17.6 Å². The van der Waals surface area contributed by atoms with Crippen LogP contribution in [-0.4, -0.2) is 43.8 Å². The molecule has 1 aliphatic rings. The van der Waals surface area contributed by atoms with Crippen LogP contribution in [0.1, 0.15) is 20.8 Å². The molecule has 0 saturated carbocycles. The van der Waals surface area contributed by atoms with Gasteiger partial charge in [-0.2, -0.15) is 0 Å². The van der Waals surface area contributed by atoms with Crippen molar-refractivity contribution in [2.45, 2.75) is 26.8 Å². The highest BCUT2D eigenvalue weighted by Crippen LogP contribution is 2.14. The molecule has 3 nitrogen and oxygen atoms in total. The van der Waals surface area contributed by atoms with Gasteiger partial charge in [-0.05, 0) is 25.3 Å². The Balaban J connectivity index is 2.47. The maximum Gasteiger partial charge on any atom is 0.0593 e. The summed E-state index contributed by atoms with van der Waals surface area (Å²) in [5.41, 5.74) is 5.70. The minimum Gasteiger partial charge on any atom is -0.380 e. The first-order chi connectivity index (χ1) is 6.65. The monoisotopic (exact) mass is 200 g/mol. The molecule has 1 saturated heterocycles. The van der Waals surface area contributed by atoms with Gasteiger partial charge in [0.2, 0.25) is 0 Å². The van der Waals surface area contributed by atoms with Crippen molar-refractivity contribution in [3.8, 4) is 0 Å². The Morgan fingerprint density at radius 1 is 1.50 bits per heavy atom. The Kier molecular flexibility index (Phi) is 4.85. The Morgan fingerprint density at radius 2 is 2.21 bits per heavy atom. The molecule has 2 N–H and O–H groups in total. The fourth-order valence-electron chi connectivity index (χ4n) is 1.94. The molecule has 0 aromatic heterocycles. The maximum absolute atomic E-state index is 5.70. The minimum atomic E-state index is 0.570. The number of ether oxygens (including phenoxy) is 1. The van der Waals surface area contributed by atoms with Crippen LogP contribution in [0.3, 0.4) is 0 Å². The Bertz CT molecular complexity index is 163. The fraction of sp³-hybridized carbons (Fsp3) is 1.00. The molecule has 1 rings (SSSR count). The number of rotatable bonds is 3. The van der Waals surface area contributed by atoms with Gasteiger partial charge in [0.05, 0.1) is 13.2 Å². The van der Waals surface area contributed by atoms with Crippen LogP contribution in [0.5, 0.6) is 0 Å². The van der Waals surface area contributed by atoms with Crippen LogP contribution >= 0.6 is 0 Å². The summed E-state index contributed by atoms with van der Waals surface area (Å²) in [4.78, 5) is 2.51. The summed E-state index contributed by atoms with van der Waals surface area (Å²) in [5, 5.41) is 0. The van der Waals surface area contributed by atoms with Crippen molar-refractivity contribution >= 4 is 0 Å². The molecule has 1 fully saturated rings. The molecule has 0 spiro atoms. The lowest BCUT2D eigenvalue weighted by atomic mass is 10.0. The molecule has 3 heteroatoms. The molecule has 0 aliphatic carbocycles. The molecular weight excluding hydrogens is 176 g/mol. The lowest BCUT2D eigenvalue weighted by Gasteiger charge is -2.32. The van der Waals surface area contributed by atoms with Gasteiger partial charge in [-0.1, -0.05) is 13.8 Å². The summed E-state index contributed by atoms with van der Waals surface area (Å²) in [7, 11) is 0. The van der Waals surface area contributed by atoms with Crippen LogP contribution in [0, 0.1) is 11.8 Å². The molecular formula is C11H24N2O. The molecule has 14 heavy (non-hydrogen) atoms. The summed E-state index contributed by atoms with van der Waals surface area (Å²) in [6, 6.07) is 0.573. The highest BCUT2D eigenvalue weighted by atomic mass is 16.5. The molecule has 3 unspecified atom stereocenters. The normalized spacial score (nSPS) is 29.6. The van der Waals surface area contributed by atoms with Crippen LogP contribution in [0.25, 0.3) is 0 Å². The zero-order chi connectivity index (χ0) is 10.6. The first-order valence-electron chi connectivity index (χ1n) is 5.67. The van der Waals surface area contributed by atoms with E-state index < -0.39 is 0 Å². The van der Waals surface area contributed by atoms with Crippen molar-refractivity contribution in [3.63, 3.8) is 0 Å². The minimum absolute atomic E-state index is 0.570. The third-order valence-corrected chi connectivity index (χ3v) is 3.24. The zero-order valence-corrected chi connectivity index (χ0v) is 9.70. The van der Waals surface area contributed by atoms with Gasteiger partial charge in [0.15, 0.2) is 0 Å². The van der Waals surface area contributed by atoms with E-state index >= 15 is 0 Å². The number of hydrogen-bond acceptors (Lipinski definition) is 3. The second kappa shape index (κ2) is 5.69. The second-order valence-electron chi connectivity index (χ2n) is 4.63. The standard InChI is InChI=1S/C11H24N2O/c1-9-7-13(4-5-14-8-9)11(3)10(2)6-12/h9-11H,4-8,12H2,1-3H3. The van der Waals surface area contributed by atoms with Gasteiger partial charge in [-0.3, -0.25) is 4.90 Å². The molecule has 1 heterocycles. The van der Waals surface area contributed by atoms with E-state index in [0.29, 0.717) is 17.9 Å². The Labute approximate surface area is 87.6 Å². The predicted octanol–water partition coefficient (Wildman–Crippen LogP) is 0.938. The summed E-state index contributed by atoms with van der Waals surface area (Å²) in [6.07, 6.45) is 0. The van der Waals surface area contributed by atoms with E-state index in [2.05, 4.69) is 25.7 Å². The van der Waals surface area contributed by atoms with Gasteiger partial charge >= 0.3 is 0 Å². The van der Waals surface area contributed by atoms with Crippen LogP contribution in [0.4, 0.5) is 0 Å². The molecule has 84 valence electrons. The fourth-order valence-corrected chi connectivity index (χ4v) is 1.94. The lowest BCUT2D eigenvalue weighted by Crippen LogP contribution is -2.42. The summed E-state index contributed by atoms with van der Waals surface area (Å²) < 4.78 is 5.53. The van der Waals surface area contributed by atoms with Crippen molar-refractivity contribution in [1.29, 1.82) is 0 Å². The van der Waals surface area contributed by atoms with Gasteiger partial charge in [0.1, 0.15) is 0 Å². The van der Waals surface area contributed by atoms with E-state index in [0.717, 1.165) is 32.8 Å². The van der Waals surface area contributed by atoms with Crippen LogP contribution in [0.2, 0.25) is 0 Å². The summed E-state index contributed by atoms with van der Waals surface area (Å²) >= 11 is 0. The highest BCUT2D eigenvalue weighted by Gasteiger charge is 2.22. The summed E-state index contributed by atoms with van der Waals surface area (Å²) in [6.45, 7) is 11.5. The number of nitrogens with zero attached hydrogens (tertiary/aromatic N) is 1. The molecule has 0 amide bonds. The first kappa shape index (κ1) is 12.0. The smallest absolute Gasteiger partial charge is 0.0593 e. The Hall–Kier alpha value is -0.120. The molecule has 0 bridgehead atoms. The SMILES string of the molecule is CC1COCCN(C(C)C(C)CN)C1. The molecule has 0 aromatic carbocycles. The van der Waals surface area contributed by atoms with Gasteiger partial charge in [0, 0.05) is 19.1 Å². The van der Waals surface area contributed by atoms with E-state index in [4.69, 9.17) is 10.5 Å². The largest absolute Gasteiger partial charge is 0.380 e. The maximum atomic E-state index is 5.70. The van der Waals surface area contributed by atoms with Gasteiger partial charge in [-0.25, -0.2) is 0 Å². The molecule has 0 radical (unpaired) electrons. The van der Waals surface area contributed by atoms with Crippen molar-refractivity contribution in [1.82, 2.24) is 4.90 Å².